The predicted molar refractivity (Wildman–Crippen MR) is 89.9 cm³/mol. The highest BCUT2D eigenvalue weighted by Crippen LogP contribution is 2.27. The Morgan fingerprint density at radius 3 is 2.30 bits per heavy atom. The summed E-state index contributed by atoms with van der Waals surface area (Å²) in [4.78, 5) is 36.5. The average Bonchev–Trinajstić information content (AvgIpc) is 2.50. The number of nitrogens with one attached hydrogen (secondary N) is 1. The van der Waals surface area contributed by atoms with Crippen molar-refractivity contribution in [2.75, 3.05) is 0 Å². The first kappa shape index (κ1) is 20.7. The number of benzene rings is 1. The summed E-state index contributed by atoms with van der Waals surface area (Å²) in [6, 6.07) is 1.42. The molecule has 0 aliphatic heterocycles. The van der Waals surface area contributed by atoms with Gasteiger partial charge in [-0.15, -0.1) is 0 Å². The molecule has 1 amide bonds. The third-order valence-corrected chi connectivity index (χ3v) is 3.87. The van der Waals surface area contributed by atoms with E-state index in [9.17, 15) is 31.9 Å². The number of amides is 1. The largest absolute Gasteiger partial charge is 0.431 e. The SMILES string of the molecule is CC(C)NC(=O)c1cc(-n2c(=O)cc(C(F)(F)F)n(C)c2=O)c(F)cc1Cl. The van der Waals surface area contributed by atoms with E-state index in [0.29, 0.717) is 6.07 Å². The highest BCUT2D eigenvalue weighted by molar-refractivity contribution is 6.34. The van der Waals surface area contributed by atoms with Gasteiger partial charge in [0.1, 0.15) is 11.5 Å². The number of carbonyl (C=O) groups excluding carboxylic acids is 1. The molecule has 0 saturated carbocycles. The van der Waals surface area contributed by atoms with E-state index in [1.165, 1.54) is 0 Å². The van der Waals surface area contributed by atoms with Gasteiger partial charge in [0.15, 0.2) is 0 Å². The fourth-order valence-corrected chi connectivity index (χ4v) is 2.58. The van der Waals surface area contributed by atoms with Crippen LogP contribution in [0.3, 0.4) is 0 Å². The Morgan fingerprint density at radius 1 is 1.19 bits per heavy atom. The lowest BCUT2D eigenvalue weighted by molar-refractivity contribution is -0.144. The maximum absolute atomic E-state index is 14.3. The fourth-order valence-electron chi connectivity index (χ4n) is 2.34. The standard InChI is InChI=1S/C16H14ClF4N3O3/c1-7(2)22-14(26)8-4-11(10(18)5-9(8)17)24-13(25)6-12(16(19,20)21)23(3)15(24)27/h4-7H,1-3H3,(H,22,26). The highest BCUT2D eigenvalue weighted by Gasteiger charge is 2.35. The summed E-state index contributed by atoms with van der Waals surface area (Å²) in [6.07, 6.45) is -4.95. The van der Waals surface area contributed by atoms with Gasteiger partial charge in [0.05, 0.1) is 16.3 Å². The number of alkyl halides is 3. The van der Waals surface area contributed by atoms with Crippen LogP contribution in [-0.4, -0.2) is 21.1 Å². The second kappa shape index (κ2) is 7.18. The molecular formula is C16H14ClF4N3O3. The molecule has 0 aliphatic rings. The normalized spacial score (nSPS) is 11.7. The molecule has 1 aromatic carbocycles. The van der Waals surface area contributed by atoms with Gasteiger partial charge >= 0.3 is 11.9 Å². The zero-order valence-corrected chi connectivity index (χ0v) is 15.1. The molecule has 2 rings (SSSR count). The first-order chi connectivity index (χ1) is 12.3. The van der Waals surface area contributed by atoms with Crippen molar-refractivity contribution in [2.45, 2.75) is 26.1 Å². The molecule has 0 bridgehead atoms. The minimum atomic E-state index is -4.95. The van der Waals surface area contributed by atoms with E-state index in [1.807, 2.05) is 0 Å². The quantitative estimate of drug-likeness (QED) is 0.794. The summed E-state index contributed by atoms with van der Waals surface area (Å²) in [7, 11) is 0.793. The maximum Gasteiger partial charge on any atom is 0.431 e. The summed E-state index contributed by atoms with van der Waals surface area (Å²) >= 11 is 5.84. The molecule has 6 nitrogen and oxygen atoms in total. The van der Waals surface area contributed by atoms with Gasteiger partial charge in [-0.1, -0.05) is 11.6 Å². The summed E-state index contributed by atoms with van der Waals surface area (Å²) < 4.78 is 53.4. The number of hydrogen-bond acceptors (Lipinski definition) is 3. The smallest absolute Gasteiger partial charge is 0.350 e. The van der Waals surface area contributed by atoms with E-state index in [0.717, 1.165) is 13.1 Å². The van der Waals surface area contributed by atoms with Crippen LogP contribution in [0.5, 0.6) is 0 Å². The number of hydrogen-bond donors (Lipinski definition) is 1. The topological polar surface area (TPSA) is 73.1 Å². The number of rotatable bonds is 3. The number of nitrogens with zero attached hydrogens (tertiary/aromatic N) is 2. The monoisotopic (exact) mass is 407 g/mol. The van der Waals surface area contributed by atoms with Crippen LogP contribution in [0.1, 0.15) is 29.9 Å². The first-order valence-corrected chi connectivity index (χ1v) is 7.93. The van der Waals surface area contributed by atoms with Gasteiger partial charge in [-0.2, -0.15) is 13.2 Å². The molecule has 0 saturated heterocycles. The Morgan fingerprint density at radius 2 is 1.78 bits per heavy atom. The van der Waals surface area contributed by atoms with Crippen molar-refractivity contribution in [3.8, 4) is 5.69 Å². The van der Waals surface area contributed by atoms with E-state index in [2.05, 4.69) is 5.32 Å². The first-order valence-electron chi connectivity index (χ1n) is 7.55. The van der Waals surface area contributed by atoms with Crippen molar-refractivity contribution in [1.82, 2.24) is 14.5 Å². The van der Waals surface area contributed by atoms with Gasteiger partial charge in [-0.3, -0.25) is 14.2 Å². The van der Waals surface area contributed by atoms with E-state index < -0.39 is 40.5 Å². The summed E-state index contributed by atoms with van der Waals surface area (Å²) in [6.45, 7) is 3.32. The van der Waals surface area contributed by atoms with Crippen LogP contribution < -0.4 is 16.6 Å². The van der Waals surface area contributed by atoms with Crippen LogP contribution in [0.4, 0.5) is 17.6 Å². The van der Waals surface area contributed by atoms with E-state index in [-0.39, 0.29) is 31.8 Å². The fraction of sp³-hybridized carbons (Fsp3) is 0.312. The minimum absolute atomic E-state index is 0.170. The van der Waals surface area contributed by atoms with Crippen LogP contribution in [0.2, 0.25) is 5.02 Å². The third-order valence-electron chi connectivity index (χ3n) is 3.55. The van der Waals surface area contributed by atoms with Crippen molar-refractivity contribution in [3.05, 3.63) is 61.1 Å². The lowest BCUT2D eigenvalue weighted by atomic mass is 10.1. The lowest BCUT2D eigenvalue weighted by Gasteiger charge is -2.15. The average molecular weight is 408 g/mol. The molecular weight excluding hydrogens is 394 g/mol. The predicted octanol–water partition coefficient (Wildman–Crippen LogP) is 2.49. The third kappa shape index (κ3) is 4.05. The van der Waals surface area contributed by atoms with Crippen molar-refractivity contribution in [3.63, 3.8) is 0 Å². The summed E-state index contributed by atoms with van der Waals surface area (Å²) in [5, 5.41) is 2.22. The van der Waals surface area contributed by atoms with Crippen LogP contribution in [0.15, 0.2) is 27.8 Å². The second-order valence-corrected chi connectivity index (χ2v) is 6.36. The molecule has 0 aliphatic carbocycles. The van der Waals surface area contributed by atoms with E-state index >= 15 is 0 Å². The van der Waals surface area contributed by atoms with Gasteiger partial charge in [-0.05, 0) is 26.0 Å². The number of aromatic nitrogens is 2. The Bertz CT molecular complexity index is 1030. The molecule has 0 fully saturated rings. The second-order valence-electron chi connectivity index (χ2n) is 5.95. The Kier molecular flexibility index (Phi) is 5.50. The van der Waals surface area contributed by atoms with Crippen molar-refractivity contribution in [2.24, 2.45) is 7.05 Å². The van der Waals surface area contributed by atoms with Crippen LogP contribution >= 0.6 is 11.6 Å². The molecule has 11 heteroatoms. The molecule has 27 heavy (non-hydrogen) atoms. The van der Waals surface area contributed by atoms with Crippen LogP contribution in [0, 0.1) is 5.82 Å². The highest BCUT2D eigenvalue weighted by atomic mass is 35.5. The Labute approximate surface area is 155 Å². The van der Waals surface area contributed by atoms with Gasteiger partial charge in [0, 0.05) is 19.2 Å². The van der Waals surface area contributed by atoms with Crippen molar-refractivity contribution >= 4 is 17.5 Å². The molecule has 0 unspecified atom stereocenters. The van der Waals surface area contributed by atoms with E-state index in [1.54, 1.807) is 13.8 Å². The van der Waals surface area contributed by atoms with E-state index in [4.69, 9.17) is 11.6 Å². The number of carbonyl (C=O) groups is 1. The number of halogens is 5. The molecule has 1 aromatic heterocycles. The van der Waals surface area contributed by atoms with Gasteiger partial charge in [-0.25, -0.2) is 13.8 Å². The maximum atomic E-state index is 14.3. The van der Waals surface area contributed by atoms with Crippen LogP contribution in [0.25, 0.3) is 5.69 Å². The molecule has 0 atom stereocenters. The molecule has 0 spiro atoms. The van der Waals surface area contributed by atoms with Crippen LogP contribution in [-0.2, 0) is 13.2 Å². The Balaban J connectivity index is 2.76. The molecule has 2 aromatic rings. The zero-order chi connectivity index (χ0) is 20.7. The molecule has 0 radical (unpaired) electrons. The summed E-state index contributed by atoms with van der Waals surface area (Å²) in [5.41, 5.74) is -5.24. The Hall–Kier alpha value is -2.62. The van der Waals surface area contributed by atoms with Crippen molar-refractivity contribution in [1.29, 1.82) is 0 Å². The molecule has 146 valence electrons. The molecule has 1 N–H and O–H groups in total. The lowest BCUT2D eigenvalue weighted by Crippen LogP contribution is -2.41. The van der Waals surface area contributed by atoms with Crippen molar-refractivity contribution < 1.29 is 22.4 Å². The van der Waals surface area contributed by atoms with Gasteiger partial charge in [0.25, 0.3) is 11.5 Å². The summed E-state index contributed by atoms with van der Waals surface area (Å²) in [5.74, 6) is -1.85. The zero-order valence-electron chi connectivity index (χ0n) is 14.3. The van der Waals surface area contributed by atoms with Gasteiger partial charge in [0.2, 0.25) is 0 Å². The molecule has 1 heterocycles. The van der Waals surface area contributed by atoms with Gasteiger partial charge < -0.3 is 5.32 Å². The minimum Gasteiger partial charge on any atom is -0.350 e.